The second-order valence-corrected chi connectivity index (χ2v) is 3.23. The highest BCUT2D eigenvalue weighted by Gasteiger charge is 2.22. The highest BCUT2D eigenvalue weighted by molar-refractivity contribution is 5.27. The van der Waals surface area contributed by atoms with Gasteiger partial charge in [-0.25, -0.2) is 0 Å². The van der Waals surface area contributed by atoms with Crippen LogP contribution in [0, 0.1) is 5.92 Å². The zero-order chi connectivity index (χ0) is 11.5. The van der Waals surface area contributed by atoms with Crippen molar-refractivity contribution in [1.29, 1.82) is 0 Å². The molecule has 0 aromatic heterocycles. The molecule has 0 unspecified atom stereocenters. The molecule has 2 N–H and O–H groups in total. The molecule has 1 saturated carbocycles. The van der Waals surface area contributed by atoms with Crippen LogP contribution in [0.25, 0.3) is 0 Å². The minimum absolute atomic E-state index is 0.852. The fourth-order valence-corrected chi connectivity index (χ4v) is 0.896. The van der Waals surface area contributed by atoms with E-state index >= 15 is 0 Å². The van der Waals surface area contributed by atoms with Gasteiger partial charge >= 0.3 is 0 Å². The highest BCUT2D eigenvalue weighted by Crippen LogP contribution is 2.35. The summed E-state index contributed by atoms with van der Waals surface area (Å²) in [6, 6.07) is 0. The molecule has 1 rings (SSSR count). The number of hydrogen-bond donors (Lipinski definition) is 1. The molecule has 0 aromatic carbocycles. The largest absolute Gasteiger partial charge is 0.405 e. The molecule has 0 aromatic rings. The zero-order valence-electron chi connectivity index (χ0n) is 9.26. The van der Waals surface area contributed by atoms with E-state index < -0.39 is 0 Å². The predicted molar refractivity (Wildman–Crippen MR) is 68.0 cm³/mol. The van der Waals surface area contributed by atoms with Crippen LogP contribution in [0.3, 0.4) is 0 Å². The van der Waals surface area contributed by atoms with Crippen molar-refractivity contribution in [2.45, 2.75) is 19.8 Å². The number of nitrogens with two attached hydrogens (primary N) is 1. The molecule has 15 heavy (non-hydrogen) atoms. The monoisotopic (exact) mass is 205 g/mol. The molecule has 0 aliphatic heterocycles. The van der Waals surface area contributed by atoms with Crippen molar-refractivity contribution in [2.24, 2.45) is 21.6 Å². The van der Waals surface area contributed by atoms with Crippen molar-refractivity contribution in [2.75, 3.05) is 0 Å². The van der Waals surface area contributed by atoms with Crippen LogP contribution in [0.5, 0.6) is 0 Å². The summed E-state index contributed by atoms with van der Waals surface area (Å²) in [5.41, 5.74) is 6.61. The van der Waals surface area contributed by atoms with Crippen LogP contribution in [0.4, 0.5) is 0 Å². The van der Waals surface area contributed by atoms with Gasteiger partial charge in [0.25, 0.3) is 0 Å². The van der Waals surface area contributed by atoms with E-state index in [1.54, 1.807) is 30.8 Å². The molecule has 3 nitrogen and oxygen atoms in total. The maximum atomic E-state index is 5.25. The molecule has 0 radical (unpaired) electrons. The van der Waals surface area contributed by atoms with Gasteiger partial charge in [-0.15, -0.1) is 0 Å². The molecule has 1 aliphatic rings. The summed E-state index contributed by atoms with van der Waals surface area (Å²) in [5.74, 6) is 0.852. The van der Waals surface area contributed by atoms with E-state index in [1.807, 2.05) is 0 Å². The number of rotatable bonds is 4. The van der Waals surface area contributed by atoms with Crippen molar-refractivity contribution < 1.29 is 0 Å². The van der Waals surface area contributed by atoms with Gasteiger partial charge in [0, 0.05) is 12.4 Å². The van der Waals surface area contributed by atoms with Gasteiger partial charge < -0.3 is 5.73 Å². The van der Waals surface area contributed by atoms with Gasteiger partial charge in [0.15, 0.2) is 0 Å². The summed E-state index contributed by atoms with van der Waals surface area (Å²) in [7, 11) is 0. The van der Waals surface area contributed by atoms with Crippen molar-refractivity contribution >= 4 is 13.4 Å². The Morgan fingerprint density at radius 1 is 1.20 bits per heavy atom. The summed E-state index contributed by atoms with van der Waals surface area (Å²) in [6.45, 7) is 8.58. The Morgan fingerprint density at radius 3 is 1.87 bits per heavy atom. The number of hydrogen-bond acceptors (Lipinski definition) is 3. The van der Waals surface area contributed by atoms with Gasteiger partial charge in [-0.05, 0) is 57.5 Å². The first-order valence-corrected chi connectivity index (χ1v) is 4.88. The van der Waals surface area contributed by atoms with Gasteiger partial charge in [-0.3, -0.25) is 9.98 Å². The van der Waals surface area contributed by atoms with Crippen molar-refractivity contribution in [3.63, 3.8) is 0 Å². The van der Waals surface area contributed by atoms with E-state index in [9.17, 15) is 0 Å². The lowest BCUT2D eigenvalue weighted by atomic mass is 10.2. The van der Waals surface area contributed by atoms with E-state index in [2.05, 4.69) is 30.3 Å². The predicted octanol–water partition coefficient (Wildman–Crippen LogP) is 2.67. The molecule has 3 heteroatoms. The second-order valence-electron chi connectivity index (χ2n) is 3.23. The van der Waals surface area contributed by atoms with Crippen molar-refractivity contribution in [3.05, 3.63) is 36.3 Å². The first-order valence-electron chi connectivity index (χ1n) is 4.88. The Morgan fingerprint density at radius 2 is 1.67 bits per heavy atom. The maximum absolute atomic E-state index is 5.25. The van der Waals surface area contributed by atoms with Gasteiger partial charge in [0.05, 0.1) is 0 Å². The Labute approximate surface area is 91.8 Å². The van der Waals surface area contributed by atoms with Crippen LogP contribution < -0.4 is 5.73 Å². The van der Waals surface area contributed by atoms with E-state index in [-0.39, 0.29) is 0 Å². The normalized spacial score (nSPS) is 16.2. The highest BCUT2D eigenvalue weighted by atomic mass is 14.6. The number of aliphatic imine (C=N–C) groups is 2. The number of allylic oxidation sites excluding steroid dienone is 3. The average Bonchev–Trinajstić information content (AvgIpc) is 3.08. The molecule has 1 aliphatic carbocycles. The Hall–Kier alpha value is -1.64. The lowest BCUT2D eigenvalue weighted by molar-refractivity contribution is 0.997. The number of nitrogens with zero attached hydrogens (tertiary/aromatic N) is 2. The Bertz CT molecular complexity index is 255. The molecule has 0 amide bonds. The summed E-state index contributed by atoms with van der Waals surface area (Å²) >= 11 is 0. The molecule has 82 valence electrons. The molecule has 0 atom stereocenters. The first-order chi connectivity index (χ1) is 7.26. The Balaban J connectivity index is 0.000000262. The van der Waals surface area contributed by atoms with Gasteiger partial charge in [0.2, 0.25) is 0 Å². The van der Waals surface area contributed by atoms with Crippen LogP contribution in [0.15, 0.2) is 46.3 Å². The van der Waals surface area contributed by atoms with E-state index in [0.717, 1.165) is 5.92 Å². The smallest absolute Gasteiger partial charge is 0.0261 e. The fraction of sp³-hybridized carbons (Fsp3) is 0.333. The van der Waals surface area contributed by atoms with E-state index in [0.29, 0.717) is 0 Å². The molecule has 0 saturated heterocycles. The maximum Gasteiger partial charge on any atom is 0.0261 e. The molecule has 1 fully saturated rings. The quantitative estimate of drug-likeness (QED) is 0.556. The first kappa shape index (κ1) is 13.4. The summed E-state index contributed by atoms with van der Waals surface area (Å²) in [4.78, 5) is 6.93. The van der Waals surface area contributed by atoms with E-state index in [1.165, 1.54) is 18.4 Å². The van der Waals surface area contributed by atoms with Crippen LogP contribution in [0.2, 0.25) is 0 Å². The minimum Gasteiger partial charge on any atom is -0.405 e. The summed E-state index contributed by atoms with van der Waals surface area (Å²) < 4.78 is 0. The van der Waals surface area contributed by atoms with Gasteiger partial charge in [-0.1, -0.05) is 5.57 Å². The molecule has 0 spiro atoms. The summed E-state index contributed by atoms with van der Waals surface area (Å²) in [6.07, 6.45) is 11.0. The van der Waals surface area contributed by atoms with Gasteiger partial charge in [-0.2, -0.15) is 0 Å². The Kier molecular flexibility index (Phi) is 7.96. The lowest BCUT2D eigenvalue weighted by Crippen LogP contribution is -1.84. The third-order valence-corrected chi connectivity index (χ3v) is 1.98. The standard InChI is InChI=1S/C6H8N2.C6H11N/c1-7-5-3-4-6-8-2;1-5(4-7)6-2-3-6/h3-6H,1-2H2;4,6H,2-3,7H2,1H3/b5-3-,6-4+;5-4-. The van der Waals surface area contributed by atoms with Crippen LogP contribution in [-0.2, 0) is 0 Å². The van der Waals surface area contributed by atoms with Crippen LogP contribution in [0.1, 0.15) is 19.8 Å². The molecule has 0 heterocycles. The van der Waals surface area contributed by atoms with Crippen molar-refractivity contribution in [3.8, 4) is 0 Å². The zero-order valence-corrected chi connectivity index (χ0v) is 9.26. The van der Waals surface area contributed by atoms with Crippen LogP contribution in [-0.4, -0.2) is 13.4 Å². The molecular formula is C12H19N3. The van der Waals surface area contributed by atoms with Gasteiger partial charge in [0.1, 0.15) is 0 Å². The topological polar surface area (TPSA) is 50.7 Å². The third kappa shape index (κ3) is 8.68. The van der Waals surface area contributed by atoms with Crippen molar-refractivity contribution in [1.82, 2.24) is 0 Å². The summed E-state index contributed by atoms with van der Waals surface area (Å²) in [5, 5.41) is 0. The minimum atomic E-state index is 0.852. The van der Waals surface area contributed by atoms with E-state index in [4.69, 9.17) is 5.73 Å². The molecule has 0 bridgehead atoms. The SMILES string of the molecule is C/C(=C/N)C1CC1.C=N/C=C\C=C\N=C. The van der Waals surface area contributed by atoms with Crippen LogP contribution >= 0.6 is 0 Å². The second kappa shape index (κ2) is 8.94. The molecular weight excluding hydrogens is 186 g/mol. The average molecular weight is 205 g/mol. The lowest BCUT2D eigenvalue weighted by Gasteiger charge is -1.88. The fourth-order valence-electron chi connectivity index (χ4n) is 0.896. The third-order valence-electron chi connectivity index (χ3n) is 1.98.